The van der Waals surface area contributed by atoms with Crippen LogP contribution in [0.15, 0.2) is 65.3 Å². The van der Waals surface area contributed by atoms with Crippen LogP contribution in [-0.2, 0) is 6.54 Å². The van der Waals surface area contributed by atoms with Gasteiger partial charge in [0.2, 0.25) is 0 Å². The fourth-order valence-electron chi connectivity index (χ4n) is 3.52. The lowest BCUT2D eigenvalue weighted by Crippen LogP contribution is -2.42. The van der Waals surface area contributed by atoms with Crippen LogP contribution in [0.3, 0.4) is 0 Å². The molecular formula is C24H26N2O4. The Balaban J connectivity index is 1.70. The zero-order chi connectivity index (χ0) is 21.1. The van der Waals surface area contributed by atoms with Crippen LogP contribution >= 0.6 is 0 Å². The van der Waals surface area contributed by atoms with Gasteiger partial charge >= 0.3 is 0 Å². The van der Waals surface area contributed by atoms with E-state index < -0.39 is 0 Å². The van der Waals surface area contributed by atoms with Crippen molar-refractivity contribution in [3.63, 3.8) is 0 Å². The number of nitrogens with one attached hydrogen (secondary N) is 1. The molecule has 4 rings (SSSR count). The predicted molar refractivity (Wildman–Crippen MR) is 115 cm³/mol. The molecule has 6 heteroatoms. The van der Waals surface area contributed by atoms with Gasteiger partial charge in [-0.25, -0.2) is 0 Å². The second kappa shape index (κ2) is 8.53. The van der Waals surface area contributed by atoms with E-state index in [4.69, 9.17) is 13.9 Å². The first kappa shape index (κ1) is 19.9. The second-order valence-electron chi connectivity index (χ2n) is 7.72. The Bertz CT molecular complexity index is 1010. The number of benzene rings is 2. The third-order valence-electron chi connectivity index (χ3n) is 5.00. The SMILES string of the molecule is COc1cc(C2Nc3ccccc3C(=O)N2Cc2ccco2)ccc1OCC(C)C. The summed E-state index contributed by atoms with van der Waals surface area (Å²) in [5, 5.41) is 3.49. The minimum atomic E-state index is -0.370. The van der Waals surface area contributed by atoms with Crippen molar-refractivity contribution in [3.8, 4) is 11.5 Å². The maximum Gasteiger partial charge on any atom is 0.258 e. The summed E-state index contributed by atoms with van der Waals surface area (Å²) in [5.74, 6) is 2.41. The van der Waals surface area contributed by atoms with Crippen LogP contribution < -0.4 is 14.8 Å². The van der Waals surface area contributed by atoms with Gasteiger partial charge in [0.15, 0.2) is 11.5 Å². The van der Waals surface area contributed by atoms with Crippen molar-refractivity contribution >= 4 is 11.6 Å². The molecule has 1 aromatic heterocycles. The van der Waals surface area contributed by atoms with Crippen LogP contribution in [0, 0.1) is 5.92 Å². The highest BCUT2D eigenvalue weighted by molar-refractivity contribution is 6.01. The van der Waals surface area contributed by atoms with E-state index in [1.54, 1.807) is 18.3 Å². The lowest BCUT2D eigenvalue weighted by molar-refractivity contribution is 0.0651. The van der Waals surface area contributed by atoms with Crippen molar-refractivity contribution in [2.45, 2.75) is 26.6 Å². The topological polar surface area (TPSA) is 63.9 Å². The number of carbonyl (C=O) groups is 1. The number of fused-ring (bicyclic) bond motifs is 1. The predicted octanol–water partition coefficient (Wildman–Crippen LogP) is 5.09. The summed E-state index contributed by atoms with van der Waals surface area (Å²) in [7, 11) is 1.62. The van der Waals surface area contributed by atoms with Crippen molar-refractivity contribution in [2.75, 3.05) is 19.0 Å². The van der Waals surface area contributed by atoms with Crippen LogP contribution in [0.4, 0.5) is 5.69 Å². The van der Waals surface area contributed by atoms with E-state index in [1.807, 2.05) is 54.6 Å². The molecule has 1 atom stereocenters. The molecule has 1 aliphatic rings. The quantitative estimate of drug-likeness (QED) is 0.592. The van der Waals surface area contributed by atoms with Crippen molar-refractivity contribution in [1.82, 2.24) is 4.90 Å². The molecule has 30 heavy (non-hydrogen) atoms. The zero-order valence-corrected chi connectivity index (χ0v) is 17.4. The number of nitrogens with zero attached hydrogens (tertiary/aromatic N) is 1. The van der Waals surface area contributed by atoms with Crippen molar-refractivity contribution in [3.05, 3.63) is 77.7 Å². The Morgan fingerprint density at radius 1 is 1.10 bits per heavy atom. The fourth-order valence-corrected chi connectivity index (χ4v) is 3.52. The minimum Gasteiger partial charge on any atom is -0.493 e. The Morgan fingerprint density at radius 2 is 1.93 bits per heavy atom. The molecule has 0 bridgehead atoms. The van der Waals surface area contributed by atoms with E-state index in [9.17, 15) is 4.79 Å². The van der Waals surface area contributed by atoms with Crippen LogP contribution in [0.1, 0.15) is 41.7 Å². The summed E-state index contributed by atoms with van der Waals surface area (Å²) in [6.07, 6.45) is 1.25. The number of furan rings is 1. The lowest BCUT2D eigenvalue weighted by Gasteiger charge is -2.38. The number of hydrogen-bond acceptors (Lipinski definition) is 5. The molecule has 0 saturated heterocycles. The fraction of sp³-hybridized carbons (Fsp3) is 0.292. The monoisotopic (exact) mass is 406 g/mol. The number of methoxy groups -OCH3 is 1. The zero-order valence-electron chi connectivity index (χ0n) is 17.4. The molecule has 3 aromatic rings. The number of ether oxygens (including phenoxy) is 2. The van der Waals surface area contributed by atoms with E-state index in [0.29, 0.717) is 36.1 Å². The van der Waals surface area contributed by atoms with Crippen molar-refractivity contribution in [2.24, 2.45) is 5.92 Å². The van der Waals surface area contributed by atoms with Gasteiger partial charge < -0.3 is 24.1 Å². The van der Waals surface area contributed by atoms with Gasteiger partial charge in [-0.1, -0.05) is 32.0 Å². The first-order valence-corrected chi connectivity index (χ1v) is 10.1. The third kappa shape index (κ3) is 3.99. The molecule has 0 fully saturated rings. The van der Waals surface area contributed by atoms with Crippen LogP contribution in [0.25, 0.3) is 0 Å². The summed E-state index contributed by atoms with van der Waals surface area (Å²) in [6.45, 7) is 5.16. The maximum atomic E-state index is 13.3. The molecule has 0 aliphatic carbocycles. The highest BCUT2D eigenvalue weighted by Gasteiger charge is 2.33. The molecule has 6 nitrogen and oxygen atoms in total. The van der Waals surface area contributed by atoms with Gasteiger partial charge in [-0.15, -0.1) is 0 Å². The largest absolute Gasteiger partial charge is 0.493 e. The third-order valence-corrected chi connectivity index (χ3v) is 5.00. The number of hydrogen-bond donors (Lipinski definition) is 1. The molecule has 1 aliphatic heterocycles. The Hall–Kier alpha value is -3.41. The number of rotatable bonds is 7. The van der Waals surface area contributed by atoms with Crippen LogP contribution in [0.2, 0.25) is 0 Å². The smallest absolute Gasteiger partial charge is 0.258 e. The molecule has 1 N–H and O–H groups in total. The molecule has 0 saturated carbocycles. The summed E-state index contributed by atoms with van der Waals surface area (Å²) in [4.78, 5) is 15.1. The second-order valence-corrected chi connectivity index (χ2v) is 7.72. The standard InChI is InChI=1S/C24H26N2O4/c1-16(2)15-30-21-11-10-17(13-22(21)28-3)23-25-20-9-5-4-8-19(20)24(27)26(23)14-18-7-6-12-29-18/h4-13,16,23,25H,14-15H2,1-3H3. The first-order valence-electron chi connectivity index (χ1n) is 10.1. The van der Waals surface area contributed by atoms with Crippen LogP contribution in [-0.4, -0.2) is 24.5 Å². The lowest BCUT2D eigenvalue weighted by atomic mass is 10.0. The van der Waals surface area contributed by atoms with Gasteiger partial charge in [0.25, 0.3) is 5.91 Å². The summed E-state index contributed by atoms with van der Waals surface area (Å²) in [6, 6.07) is 17.0. The number of amides is 1. The summed E-state index contributed by atoms with van der Waals surface area (Å²) >= 11 is 0. The summed E-state index contributed by atoms with van der Waals surface area (Å²) in [5.41, 5.74) is 2.35. The van der Waals surface area contributed by atoms with Crippen molar-refractivity contribution < 1.29 is 18.7 Å². The molecule has 1 amide bonds. The molecule has 156 valence electrons. The van der Waals surface area contributed by atoms with Gasteiger partial charge in [-0.3, -0.25) is 4.79 Å². The number of carbonyl (C=O) groups excluding carboxylic acids is 1. The van der Waals surface area contributed by atoms with E-state index in [-0.39, 0.29) is 12.1 Å². The molecule has 2 heterocycles. The van der Waals surface area contributed by atoms with E-state index in [1.165, 1.54) is 0 Å². The van der Waals surface area contributed by atoms with Crippen molar-refractivity contribution in [1.29, 1.82) is 0 Å². The van der Waals surface area contributed by atoms with Gasteiger partial charge in [-0.2, -0.15) is 0 Å². The Labute approximate surface area is 176 Å². The molecule has 1 unspecified atom stereocenters. The van der Waals surface area contributed by atoms with E-state index >= 15 is 0 Å². The highest BCUT2D eigenvalue weighted by atomic mass is 16.5. The summed E-state index contributed by atoms with van der Waals surface area (Å²) < 4.78 is 17.0. The first-order chi connectivity index (χ1) is 14.6. The Morgan fingerprint density at radius 3 is 2.67 bits per heavy atom. The number of anilines is 1. The average molecular weight is 406 g/mol. The molecule has 0 radical (unpaired) electrons. The van der Waals surface area contributed by atoms with Gasteiger partial charge in [0.1, 0.15) is 11.9 Å². The molecular weight excluding hydrogens is 380 g/mol. The van der Waals surface area contributed by atoms with Crippen LogP contribution in [0.5, 0.6) is 11.5 Å². The van der Waals surface area contributed by atoms with Gasteiger partial charge in [-0.05, 0) is 47.9 Å². The van der Waals surface area contributed by atoms with Gasteiger partial charge in [0.05, 0.1) is 32.1 Å². The van der Waals surface area contributed by atoms with E-state index in [2.05, 4.69) is 19.2 Å². The maximum absolute atomic E-state index is 13.3. The average Bonchev–Trinajstić information content (AvgIpc) is 3.27. The van der Waals surface area contributed by atoms with E-state index in [0.717, 1.165) is 17.0 Å². The highest BCUT2D eigenvalue weighted by Crippen LogP contribution is 2.37. The molecule has 0 spiro atoms. The normalized spacial score (nSPS) is 15.7. The minimum absolute atomic E-state index is 0.0511. The Kier molecular flexibility index (Phi) is 5.65. The number of para-hydroxylation sites is 1. The van der Waals surface area contributed by atoms with Gasteiger partial charge in [0, 0.05) is 5.69 Å². The molecule has 2 aromatic carbocycles.